The van der Waals surface area contributed by atoms with Crippen molar-refractivity contribution in [3.8, 4) is 0 Å². The number of carbonyl (C=O) groups excluding carboxylic acids is 1. The summed E-state index contributed by atoms with van der Waals surface area (Å²) in [5.41, 5.74) is -0.961. The number of ketones is 1. The van der Waals surface area contributed by atoms with Gasteiger partial charge in [0.25, 0.3) is 0 Å². The molecule has 1 aromatic carbocycles. The lowest BCUT2D eigenvalue weighted by atomic mass is 10.1. The fraction of sp³-hybridized carbons (Fsp3) is 0.364. The van der Waals surface area contributed by atoms with Gasteiger partial charge >= 0.3 is 16.5 Å². The second-order valence-corrected chi connectivity index (χ2v) is 10.5. The minimum absolute atomic E-state index is 0.0929. The summed E-state index contributed by atoms with van der Waals surface area (Å²) >= 11 is 5.65. The molecule has 2 aromatic heterocycles. The first-order valence-electron chi connectivity index (χ1n) is 11.2. The molecule has 4 rings (SSSR count). The Bertz CT molecular complexity index is 1470. The molecule has 11 nitrogen and oxygen atoms in total. The molecule has 1 fully saturated rings. The van der Waals surface area contributed by atoms with Gasteiger partial charge in [0.15, 0.2) is 0 Å². The zero-order valence-corrected chi connectivity index (χ0v) is 21.5. The van der Waals surface area contributed by atoms with E-state index in [1.54, 1.807) is 0 Å². The Morgan fingerprint density at radius 3 is 2.74 bits per heavy atom. The quantitative estimate of drug-likeness (QED) is 0.251. The van der Waals surface area contributed by atoms with Crippen molar-refractivity contribution in [3.05, 3.63) is 70.4 Å². The van der Waals surface area contributed by atoms with Crippen LogP contribution in [0, 0.1) is 0 Å². The number of hydrogen-bond donors (Lipinski definition) is 3. The van der Waals surface area contributed by atoms with Crippen LogP contribution in [0.4, 0.5) is 23.4 Å². The molecule has 0 aliphatic heterocycles. The highest BCUT2D eigenvalue weighted by atomic mass is 35.5. The number of benzene rings is 1. The number of halogens is 5. The number of anilines is 1. The van der Waals surface area contributed by atoms with E-state index in [0.717, 1.165) is 31.7 Å². The van der Waals surface area contributed by atoms with Crippen LogP contribution in [0.3, 0.4) is 0 Å². The van der Waals surface area contributed by atoms with Gasteiger partial charge < -0.3 is 10.4 Å². The number of aliphatic hydroxyl groups excluding tert-OH is 1. The van der Waals surface area contributed by atoms with E-state index in [0.29, 0.717) is 0 Å². The molecule has 0 spiro atoms. The highest BCUT2D eigenvalue weighted by molar-refractivity contribution is 7.84. The molecule has 0 amide bonds. The summed E-state index contributed by atoms with van der Waals surface area (Å²) in [5.74, 6) is -0.780. The van der Waals surface area contributed by atoms with Crippen molar-refractivity contribution in [2.24, 2.45) is 0 Å². The second kappa shape index (κ2) is 11.1. The van der Waals surface area contributed by atoms with Gasteiger partial charge in [0.2, 0.25) is 5.78 Å². The number of aliphatic hydroxyl groups is 1. The second-order valence-electron chi connectivity index (χ2n) is 8.54. The summed E-state index contributed by atoms with van der Waals surface area (Å²) in [4.78, 5) is 20.9. The lowest BCUT2D eigenvalue weighted by Crippen LogP contribution is -2.35. The van der Waals surface area contributed by atoms with Crippen molar-refractivity contribution >= 4 is 33.5 Å². The molecule has 0 unspecified atom stereocenters. The van der Waals surface area contributed by atoms with Crippen LogP contribution in [-0.2, 0) is 27.2 Å². The fourth-order valence-corrected chi connectivity index (χ4v) is 4.82. The Balaban J connectivity index is 1.50. The molecule has 39 heavy (non-hydrogen) atoms. The van der Waals surface area contributed by atoms with E-state index in [4.69, 9.17) is 15.8 Å². The maximum absolute atomic E-state index is 14.8. The summed E-state index contributed by atoms with van der Waals surface area (Å²) in [6, 6.07) is 3.58. The van der Waals surface area contributed by atoms with Gasteiger partial charge in [-0.1, -0.05) is 17.7 Å². The predicted octanol–water partition coefficient (Wildman–Crippen LogP) is 2.36. The topological polar surface area (TPSA) is 148 Å². The first kappa shape index (κ1) is 28.8. The summed E-state index contributed by atoms with van der Waals surface area (Å²) in [7, 11) is -3.11. The average molecular weight is 593 g/mol. The molecule has 1 saturated carbocycles. The molecule has 0 saturated heterocycles. The van der Waals surface area contributed by atoms with Gasteiger partial charge in [-0.15, -0.1) is 0 Å². The number of rotatable bonds is 9. The molecule has 1 aliphatic carbocycles. The largest absolute Gasteiger partial charge is 0.417 e. The zero-order valence-electron chi connectivity index (χ0n) is 19.9. The Morgan fingerprint density at radius 1 is 1.31 bits per heavy atom. The van der Waals surface area contributed by atoms with Crippen molar-refractivity contribution in [3.63, 3.8) is 0 Å². The van der Waals surface area contributed by atoms with E-state index in [1.165, 1.54) is 23.0 Å². The van der Waals surface area contributed by atoms with Crippen molar-refractivity contribution in [1.29, 1.82) is 0 Å². The van der Waals surface area contributed by atoms with E-state index in [9.17, 15) is 35.9 Å². The normalized spacial score (nSPS) is 21.7. The fourth-order valence-electron chi connectivity index (χ4n) is 3.98. The lowest BCUT2D eigenvalue weighted by molar-refractivity contribution is -0.137. The average Bonchev–Trinajstić information content (AvgIpc) is 3.44. The minimum atomic E-state index is -4.64. The number of nitrogens with one attached hydrogen (secondary N) is 2. The molecule has 4 atom stereocenters. The molecule has 210 valence electrons. The Morgan fingerprint density at radius 2 is 2.05 bits per heavy atom. The third-order valence-electron chi connectivity index (χ3n) is 5.91. The van der Waals surface area contributed by atoms with Gasteiger partial charge in [-0.05, 0) is 23.8 Å². The van der Waals surface area contributed by atoms with Crippen LogP contribution in [0.1, 0.15) is 33.6 Å². The molecule has 3 N–H and O–H groups in total. The Kier molecular flexibility index (Phi) is 8.22. The number of carbonyl (C=O) groups is 1. The van der Waals surface area contributed by atoms with Gasteiger partial charge in [-0.3, -0.25) is 13.7 Å². The van der Waals surface area contributed by atoms with Gasteiger partial charge in [-0.2, -0.15) is 31.4 Å². The number of nitrogens with zero attached hydrogens (tertiary/aromatic N) is 4. The monoisotopic (exact) mass is 592 g/mol. The van der Waals surface area contributed by atoms with E-state index in [2.05, 4.69) is 20.4 Å². The molecule has 17 heteroatoms. The molecule has 2 heterocycles. The van der Waals surface area contributed by atoms with Crippen molar-refractivity contribution < 1.29 is 40.1 Å². The van der Waals surface area contributed by atoms with Gasteiger partial charge in [0.1, 0.15) is 36.2 Å². The summed E-state index contributed by atoms with van der Waals surface area (Å²) in [6.45, 7) is -0.0929. The van der Waals surface area contributed by atoms with Crippen LogP contribution in [0.5, 0.6) is 0 Å². The first-order chi connectivity index (χ1) is 18.3. The zero-order chi connectivity index (χ0) is 28.5. The SMILES string of the molecule is CNS(=O)(=O)O[C@@H]1C[C@@H](Nc2ncncc2C(=O)c2ccn(Cc3ccc(Cl)c(C(F)(F)F)c3)n2)[C@@H](F)[C@@H]1O. The molecular formula is C22H21ClF4N6O5S. The molecule has 0 bridgehead atoms. The van der Waals surface area contributed by atoms with Crippen molar-refractivity contribution in [2.45, 2.75) is 43.6 Å². The van der Waals surface area contributed by atoms with E-state index in [1.807, 2.05) is 4.72 Å². The van der Waals surface area contributed by atoms with Crippen LogP contribution in [0.25, 0.3) is 0 Å². The third-order valence-corrected chi connectivity index (χ3v) is 7.24. The van der Waals surface area contributed by atoms with Crippen LogP contribution in [-0.4, -0.2) is 70.5 Å². The lowest BCUT2D eigenvalue weighted by Gasteiger charge is -2.17. The van der Waals surface area contributed by atoms with Crippen LogP contribution >= 0.6 is 11.6 Å². The molecule has 0 radical (unpaired) electrons. The Hall–Kier alpha value is -3.18. The Labute approximate surface area is 224 Å². The molecule has 1 aliphatic rings. The van der Waals surface area contributed by atoms with E-state index >= 15 is 0 Å². The summed E-state index contributed by atoms with van der Waals surface area (Å²) in [6.07, 6.45) is -6.39. The maximum Gasteiger partial charge on any atom is 0.417 e. The molecule has 3 aromatic rings. The summed E-state index contributed by atoms with van der Waals surface area (Å²) in [5, 5.41) is 16.5. The smallest absolute Gasteiger partial charge is 0.387 e. The van der Waals surface area contributed by atoms with Crippen LogP contribution < -0.4 is 10.0 Å². The minimum Gasteiger partial charge on any atom is -0.387 e. The van der Waals surface area contributed by atoms with E-state index in [-0.39, 0.29) is 35.6 Å². The number of hydrogen-bond acceptors (Lipinski definition) is 9. The number of alkyl halides is 4. The van der Waals surface area contributed by atoms with Crippen molar-refractivity contribution in [2.75, 3.05) is 12.4 Å². The van der Waals surface area contributed by atoms with Crippen LogP contribution in [0.15, 0.2) is 43.0 Å². The molecular weight excluding hydrogens is 572 g/mol. The highest BCUT2D eigenvalue weighted by Gasteiger charge is 2.46. The van der Waals surface area contributed by atoms with E-state index < -0.39 is 57.3 Å². The van der Waals surface area contributed by atoms with Crippen molar-refractivity contribution in [1.82, 2.24) is 24.5 Å². The third kappa shape index (κ3) is 6.52. The first-order valence-corrected chi connectivity index (χ1v) is 13.0. The standard InChI is InChI=1S/C22H21ClF4N6O5S/c1-28-39(36,37)38-17-7-16(18(24)20(17)35)31-21-12(8-29-10-30-21)19(34)15-4-5-33(32-15)9-11-2-3-14(23)13(6-11)22(25,26)27/h2-6,8,10,16-18,20,28,35H,7,9H2,1H3,(H,29,30,31)/t16-,17-,18-,20-/m1/s1. The van der Waals surface area contributed by atoms with Gasteiger partial charge in [0, 0.05) is 25.9 Å². The number of aromatic nitrogens is 4. The highest BCUT2D eigenvalue weighted by Crippen LogP contribution is 2.35. The van der Waals surface area contributed by atoms with Crippen LogP contribution in [0.2, 0.25) is 5.02 Å². The van der Waals surface area contributed by atoms with Gasteiger partial charge in [0.05, 0.1) is 28.7 Å². The van der Waals surface area contributed by atoms with Gasteiger partial charge in [-0.25, -0.2) is 14.4 Å². The maximum atomic E-state index is 14.8. The summed E-state index contributed by atoms with van der Waals surface area (Å²) < 4.78 is 85.5. The predicted molar refractivity (Wildman–Crippen MR) is 129 cm³/mol.